The fourth-order valence-corrected chi connectivity index (χ4v) is 5.84. The number of methoxy groups -OCH3 is 1. The first-order chi connectivity index (χ1) is 19.6. The highest BCUT2D eigenvalue weighted by Gasteiger charge is 2.26. The Hall–Kier alpha value is -3.91. The van der Waals surface area contributed by atoms with Gasteiger partial charge in [-0.15, -0.1) is 0 Å². The first-order valence-corrected chi connectivity index (χ1v) is 13.7. The van der Waals surface area contributed by atoms with Crippen molar-refractivity contribution in [2.75, 3.05) is 7.11 Å². The molecule has 1 amide bonds. The average molecular weight is 609 g/mol. The van der Waals surface area contributed by atoms with E-state index >= 15 is 0 Å². The van der Waals surface area contributed by atoms with Crippen LogP contribution in [0.3, 0.4) is 0 Å². The number of fused-ring (bicyclic) bond motifs is 2. The maximum Gasteiger partial charge on any atom is 0.328 e. The lowest BCUT2D eigenvalue weighted by atomic mass is 9.92. The van der Waals surface area contributed by atoms with Crippen LogP contribution in [0, 0.1) is 6.92 Å². The number of halogens is 3. The summed E-state index contributed by atoms with van der Waals surface area (Å²) < 4.78 is 6.57. The molecule has 0 aliphatic heterocycles. The van der Waals surface area contributed by atoms with Gasteiger partial charge >= 0.3 is 5.97 Å². The van der Waals surface area contributed by atoms with Crippen LogP contribution in [-0.2, 0) is 23.0 Å². The highest BCUT2D eigenvalue weighted by Crippen LogP contribution is 2.34. The zero-order chi connectivity index (χ0) is 29.4. The van der Waals surface area contributed by atoms with Gasteiger partial charge in [0, 0.05) is 35.5 Å². The highest BCUT2D eigenvalue weighted by atomic mass is 35.5. The van der Waals surface area contributed by atoms with Gasteiger partial charge in [0.05, 0.1) is 39.3 Å². The molecule has 0 spiro atoms. The molecule has 0 aliphatic carbocycles. The zero-order valence-electron chi connectivity index (χ0n) is 22.3. The summed E-state index contributed by atoms with van der Waals surface area (Å²) in [6.45, 7) is 1.91. The molecule has 5 rings (SSSR count). The second-order valence-corrected chi connectivity index (χ2v) is 10.8. The van der Waals surface area contributed by atoms with Crippen molar-refractivity contribution in [3.63, 3.8) is 0 Å². The Balaban J connectivity index is 1.60. The van der Waals surface area contributed by atoms with Gasteiger partial charge in [-0.3, -0.25) is 14.6 Å². The average Bonchev–Trinajstić information content (AvgIpc) is 2.96. The predicted octanol–water partition coefficient (Wildman–Crippen LogP) is 6.54. The van der Waals surface area contributed by atoms with E-state index in [0.29, 0.717) is 27.2 Å². The van der Waals surface area contributed by atoms with Gasteiger partial charge in [0.2, 0.25) is 0 Å². The fourth-order valence-electron chi connectivity index (χ4n) is 5.10. The lowest BCUT2D eigenvalue weighted by molar-refractivity contribution is -0.142. The second kappa shape index (κ2) is 11.5. The molecule has 0 radical (unpaired) electrons. The molecule has 1 N–H and O–H groups in total. The standard InChI is InChI=1S/C31H24Cl3N3O4/c1-16-19-12-10-18(32)15-25(19)37(2)30(39)26(16)20-11-9-17(28-21(20)6-5-13-35-28)14-24(31(40)41-3)36-29(38)27-22(33)7-4-8-23(27)34/h4-13,15,24H,14H2,1-3H3,(H,36,38)/t24-/m0/s1. The van der Waals surface area contributed by atoms with Gasteiger partial charge in [0.25, 0.3) is 11.5 Å². The third kappa shape index (κ3) is 5.28. The predicted molar refractivity (Wildman–Crippen MR) is 163 cm³/mol. The van der Waals surface area contributed by atoms with Crippen LogP contribution in [0.15, 0.2) is 71.7 Å². The topological polar surface area (TPSA) is 90.3 Å². The molecule has 5 aromatic rings. The molecular weight excluding hydrogens is 585 g/mol. The number of ether oxygens (including phenoxy) is 1. The molecule has 2 heterocycles. The summed E-state index contributed by atoms with van der Waals surface area (Å²) in [6.07, 6.45) is 1.71. The molecule has 41 heavy (non-hydrogen) atoms. The van der Waals surface area contributed by atoms with Gasteiger partial charge in [-0.05, 0) is 53.9 Å². The number of carbonyl (C=O) groups is 2. The van der Waals surface area contributed by atoms with Gasteiger partial charge in [-0.25, -0.2) is 4.79 Å². The highest BCUT2D eigenvalue weighted by molar-refractivity contribution is 6.39. The van der Waals surface area contributed by atoms with E-state index in [1.54, 1.807) is 60.3 Å². The van der Waals surface area contributed by atoms with E-state index < -0.39 is 17.9 Å². The number of amides is 1. The van der Waals surface area contributed by atoms with Crippen molar-refractivity contribution in [3.05, 3.63) is 109 Å². The van der Waals surface area contributed by atoms with Crippen molar-refractivity contribution in [2.45, 2.75) is 19.4 Å². The summed E-state index contributed by atoms with van der Waals surface area (Å²) in [6, 6.07) is 16.4. The molecule has 0 aliphatic rings. The second-order valence-electron chi connectivity index (χ2n) is 9.55. The summed E-state index contributed by atoms with van der Waals surface area (Å²) >= 11 is 18.6. The number of pyridine rings is 2. The van der Waals surface area contributed by atoms with E-state index in [-0.39, 0.29) is 27.6 Å². The van der Waals surface area contributed by atoms with E-state index in [2.05, 4.69) is 10.3 Å². The SMILES string of the molecule is COC(=O)[C@H](Cc1ccc(-c2c(C)c3ccc(Cl)cc3n(C)c2=O)c2cccnc12)NC(=O)c1c(Cl)cccc1Cl. The number of nitrogens with one attached hydrogen (secondary N) is 1. The van der Waals surface area contributed by atoms with Gasteiger partial charge in [0.1, 0.15) is 6.04 Å². The summed E-state index contributed by atoms with van der Waals surface area (Å²) in [7, 11) is 2.96. The van der Waals surface area contributed by atoms with E-state index in [1.807, 2.05) is 25.1 Å². The number of hydrogen-bond donors (Lipinski definition) is 1. The third-order valence-corrected chi connectivity index (χ3v) is 8.01. The molecule has 0 bridgehead atoms. The van der Waals surface area contributed by atoms with Crippen molar-refractivity contribution in [3.8, 4) is 11.1 Å². The van der Waals surface area contributed by atoms with Gasteiger partial charge in [-0.2, -0.15) is 0 Å². The molecule has 10 heteroatoms. The van der Waals surface area contributed by atoms with Crippen molar-refractivity contribution in [2.24, 2.45) is 7.05 Å². The molecule has 1 atom stereocenters. The number of hydrogen-bond acceptors (Lipinski definition) is 5. The number of benzene rings is 3. The number of nitrogens with zero attached hydrogens (tertiary/aromatic N) is 2. The van der Waals surface area contributed by atoms with Crippen molar-refractivity contribution in [1.29, 1.82) is 0 Å². The van der Waals surface area contributed by atoms with Gasteiger partial charge < -0.3 is 14.6 Å². The minimum atomic E-state index is -1.06. The Morgan fingerprint density at radius 3 is 2.44 bits per heavy atom. The van der Waals surface area contributed by atoms with Crippen LogP contribution in [0.5, 0.6) is 0 Å². The summed E-state index contributed by atoms with van der Waals surface area (Å²) in [5, 5.41) is 5.19. The monoisotopic (exact) mass is 607 g/mol. The molecule has 0 fully saturated rings. The lowest BCUT2D eigenvalue weighted by Crippen LogP contribution is -2.43. The summed E-state index contributed by atoms with van der Waals surface area (Å²) in [4.78, 5) is 44.1. The smallest absolute Gasteiger partial charge is 0.328 e. The Kier molecular flexibility index (Phi) is 8.04. The minimum Gasteiger partial charge on any atom is -0.467 e. The quantitative estimate of drug-likeness (QED) is 0.221. The molecule has 7 nitrogen and oxygen atoms in total. The van der Waals surface area contributed by atoms with Gasteiger partial charge in [0.15, 0.2) is 0 Å². The Morgan fingerprint density at radius 2 is 1.73 bits per heavy atom. The van der Waals surface area contributed by atoms with E-state index in [1.165, 1.54) is 7.11 Å². The van der Waals surface area contributed by atoms with Gasteiger partial charge in [-0.1, -0.05) is 65.1 Å². The molecule has 0 unspecified atom stereocenters. The van der Waals surface area contributed by atoms with Crippen LogP contribution < -0.4 is 10.9 Å². The van der Waals surface area contributed by atoms with Crippen LogP contribution in [0.2, 0.25) is 15.1 Å². The van der Waals surface area contributed by atoms with E-state index in [4.69, 9.17) is 39.5 Å². The van der Waals surface area contributed by atoms with Crippen LogP contribution in [-0.4, -0.2) is 34.6 Å². The number of aromatic nitrogens is 2. The molecule has 2 aromatic heterocycles. The van der Waals surface area contributed by atoms with Crippen LogP contribution in [0.25, 0.3) is 32.9 Å². The number of carbonyl (C=O) groups excluding carboxylic acids is 2. The van der Waals surface area contributed by atoms with Crippen LogP contribution >= 0.6 is 34.8 Å². The lowest BCUT2D eigenvalue weighted by Gasteiger charge is -2.19. The van der Waals surface area contributed by atoms with Crippen molar-refractivity contribution >= 4 is 68.5 Å². The molecule has 0 saturated heterocycles. The number of rotatable bonds is 6. The molecule has 3 aromatic carbocycles. The Morgan fingerprint density at radius 1 is 1.00 bits per heavy atom. The minimum absolute atomic E-state index is 0.0620. The van der Waals surface area contributed by atoms with Crippen molar-refractivity contribution in [1.82, 2.24) is 14.9 Å². The largest absolute Gasteiger partial charge is 0.467 e. The van der Waals surface area contributed by atoms with Crippen molar-refractivity contribution < 1.29 is 14.3 Å². The Bertz CT molecular complexity index is 1900. The summed E-state index contributed by atoms with van der Waals surface area (Å²) in [5.74, 6) is -1.26. The van der Waals surface area contributed by atoms with Crippen LogP contribution in [0.1, 0.15) is 21.5 Å². The van der Waals surface area contributed by atoms with E-state index in [0.717, 1.165) is 21.9 Å². The molecular formula is C31H24Cl3N3O4. The maximum absolute atomic E-state index is 13.6. The first kappa shape index (κ1) is 28.6. The summed E-state index contributed by atoms with van der Waals surface area (Å²) in [5.41, 5.74) is 3.94. The maximum atomic E-state index is 13.6. The van der Waals surface area contributed by atoms with Crippen LogP contribution in [0.4, 0.5) is 0 Å². The third-order valence-electron chi connectivity index (χ3n) is 7.15. The molecule has 0 saturated carbocycles. The van der Waals surface area contributed by atoms with E-state index in [9.17, 15) is 14.4 Å². The normalized spacial score (nSPS) is 12.0. The number of aryl methyl sites for hydroxylation is 2. The molecule has 208 valence electrons. The number of esters is 1. The Labute approximate surface area is 250 Å². The first-order valence-electron chi connectivity index (χ1n) is 12.6. The zero-order valence-corrected chi connectivity index (χ0v) is 24.6. The fraction of sp³-hybridized carbons (Fsp3) is 0.161.